The number of thiazole rings is 1. The molecule has 0 aliphatic carbocycles. The number of carbonyl (C=O) groups is 1. The highest BCUT2D eigenvalue weighted by atomic mass is 32.1. The highest BCUT2D eigenvalue weighted by Crippen LogP contribution is 2.32. The molecule has 1 amide bonds. The van der Waals surface area contributed by atoms with Crippen LogP contribution in [-0.4, -0.2) is 31.7 Å². The smallest absolute Gasteiger partial charge is 0.250 e. The van der Waals surface area contributed by atoms with Crippen LogP contribution in [0.25, 0.3) is 17.3 Å². The average Bonchev–Trinajstić information content (AvgIpc) is 3.24. The number of nitrogens with one attached hydrogen (secondary N) is 1. The summed E-state index contributed by atoms with van der Waals surface area (Å²) in [6, 6.07) is 13.2. The summed E-state index contributed by atoms with van der Waals surface area (Å²) in [5.74, 6) is 1.79. The maximum absolute atomic E-state index is 12.3. The van der Waals surface area contributed by atoms with Gasteiger partial charge >= 0.3 is 0 Å². The van der Waals surface area contributed by atoms with E-state index in [4.69, 9.17) is 14.2 Å². The third-order valence-corrected chi connectivity index (χ3v) is 4.95. The van der Waals surface area contributed by atoms with Crippen molar-refractivity contribution < 1.29 is 19.0 Å². The predicted molar refractivity (Wildman–Crippen MR) is 121 cm³/mol. The molecule has 0 atom stereocenters. The molecule has 0 bridgehead atoms. The van der Waals surface area contributed by atoms with Gasteiger partial charge < -0.3 is 14.2 Å². The number of benzene rings is 2. The molecule has 1 aromatic heterocycles. The number of aromatic nitrogens is 1. The first-order valence-electron chi connectivity index (χ1n) is 9.53. The molecule has 7 heteroatoms. The lowest BCUT2D eigenvalue weighted by atomic mass is 10.1. The summed E-state index contributed by atoms with van der Waals surface area (Å²) < 4.78 is 16.4. The molecule has 0 spiro atoms. The van der Waals surface area contributed by atoms with Gasteiger partial charge in [-0.25, -0.2) is 4.98 Å². The van der Waals surface area contributed by atoms with Crippen molar-refractivity contribution in [3.63, 3.8) is 0 Å². The largest absolute Gasteiger partial charge is 0.496 e. The fraction of sp³-hybridized carbons (Fsp3) is 0.217. The van der Waals surface area contributed by atoms with Crippen LogP contribution in [-0.2, 0) is 4.79 Å². The lowest BCUT2D eigenvalue weighted by Crippen LogP contribution is -2.07. The Balaban J connectivity index is 1.66. The van der Waals surface area contributed by atoms with Gasteiger partial charge in [0.05, 0.1) is 26.5 Å². The molecular formula is C23H24N2O4S. The number of rotatable bonds is 9. The molecule has 1 N–H and O–H groups in total. The molecule has 0 aliphatic rings. The summed E-state index contributed by atoms with van der Waals surface area (Å²) in [6.45, 7) is 2.67. The number of hydrogen-bond acceptors (Lipinski definition) is 6. The van der Waals surface area contributed by atoms with Crippen LogP contribution in [0.1, 0.15) is 18.9 Å². The second kappa shape index (κ2) is 10.5. The fourth-order valence-corrected chi connectivity index (χ4v) is 3.46. The summed E-state index contributed by atoms with van der Waals surface area (Å²) >= 11 is 1.36. The van der Waals surface area contributed by atoms with Gasteiger partial charge in [0.1, 0.15) is 5.75 Å². The number of amides is 1. The minimum absolute atomic E-state index is 0.263. The molecule has 0 radical (unpaired) electrons. The minimum Gasteiger partial charge on any atom is -0.496 e. The first-order chi connectivity index (χ1) is 14.6. The Morgan fingerprint density at radius 3 is 2.67 bits per heavy atom. The minimum atomic E-state index is -0.263. The van der Waals surface area contributed by atoms with E-state index in [9.17, 15) is 4.79 Å². The lowest BCUT2D eigenvalue weighted by Gasteiger charge is -2.10. The summed E-state index contributed by atoms with van der Waals surface area (Å²) in [6.07, 6.45) is 4.10. The van der Waals surface area contributed by atoms with Crippen molar-refractivity contribution in [1.82, 2.24) is 4.98 Å². The van der Waals surface area contributed by atoms with E-state index in [2.05, 4.69) is 10.3 Å². The number of ether oxygens (including phenoxy) is 3. The zero-order valence-electron chi connectivity index (χ0n) is 17.2. The first-order valence-corrected chi connectivity index (χ1v) is 10.4. The second-order valence-electron chi connectivity index (χ2n) is 6.32. The summed E-state index contributed by atoms with van der Waals surface area (Å²) in [4.78, 5) is 16.8. The zero-order chi connectivity index (χ0) is 21.3. The number of carbonyl (C=O) groups excluding carboxylic acids is 1. The van der Waals surface area contributed by atoms with Crippen LogP contribution in [0.5, 0.6) is 17.2 Å². The van der Waals surface area contributed by atoms with Crippen LogP contribution in [0.3, 0.4) is 0 Å². The van der Waals surface area contributed by atoms with E-state index in [1.54, 1.807) is 20.3 Å². The van der Waals surface area contributed by atoms with Crippen molar-refractivity contribution in [1.29, 1.82) is 0 Å². The summed E-state index contributed by atoms with van der Waals surface area (Å²) in [5, 5.41) is 5.20. The van der Waals surface area contributed by atoms with E-state index in [1.165, 1.54) is 17.4 Å². The van der Waals surface area contributed by atoms with E-state index in [0.29, 0.717) is 23.2 Å². The van der Waals surface area contributed by atoms with Gasteiger partial charge in [0, 0.05) is 17.0 Å². The molecule has 156 valence electrons. The Morgan fingerprint density at radius 2 is 1.90 bits per heavy atom. The van der Waals surface area contributed by atoms with Gasteiger partial charge in [-0.2, -0.15) is 0 Å². The molecule has 0 fully saturated rings. The molecule has 2 aromatic carbocycles. The standard InChI is InChI=1S/C23H24N2O4S/c1-4-13-29-20-11-9-16(14-21(20)28-3)10-12-22(26)25-23-24-18(15-30-23)17-7-5-6-8-19(17)27-2/h5-12,14-15H,4,13H2,1-3H3,(H,24,25,26)/b12-10+. The molecule has 0 saturated heterocycles. The molecule has 30 heavy (non-hydrogen) atoms. The van der Waals surface area contributed by atoms with Crippen LogP contribution in [0.4, 0.5) is 5.13 Å². The van der Waals surface area contributed by atoms with Crippen LogP contribution >= 0.6 is 11.3 Å². The van der Waals surface area contributed by atoms with Gasteiger partial charge in [-0.1, -0.05) is 25.1 Å². The van der Waals surface area contributed by atoms with Crippen molar-refractivity contribution in [3.8, 4) is 28.5 Å². The van der Waals surface area contributed by atoms with E-state index in [-0.39, 0.29) is 5.91 Å². The number of para-hydroxylation sites is 1. The fourth-order valence-electron chi connectivity index (χ4n) is 2.75. The molecule has 0 saturated carbocycles. The van der Waals surface area contributed by atoms with Crippen molar-refractivity contribution in [3.05, 3.63) is 59.5 Å². The normalized spacial score (nSPS) is 10.8. The quantitative estimate of drug-likeness (QED) is 0.474. The average molecular weight is 425 g/mol. The molecule has 3 rings (SSSR count). The maximum atomic E-state index is 12.3. The van der Waals surface area contributed by atoms with Gasteiger partial charge in [-0.3, -0.25) is 10.1 Å². The van der Waals surface area contributed by atoms with Crippen molar-refractivity contribution >= 4 is 28.5 Å². The van der Waals surface area contributed by atoms with Gasteiger partial charge in [0.25, 0.3) is 0 Å². The number of anilines is 1. The van der Waals surface area contributed by atoms with Gasteiger partial charge in [0.2, 0.25) is 5.91 Å². The lowest BCUT2D eigenvalue weighted by molar-refractivity contribution is -0.111. The molecule has 0 aliphatic heterocycles. The van der Waals surface area contributed by atoms with Crippen molar-refractivity contribution in [2.45, 2.75) is 13.3 Å². The topological polar surface area (TPSA) is 69.7 Å². The van der Waals surface area contributed by atoms with Gasteiger partial charge in [-0.15, -0.1) is 11.3 Å². The first kappa shape index (κ1) is 21.4. The van der Waals surface area contributed by atoms with Gasteiger partial charge in [-0.05, 0) is 42.3 Å². The zero-order valence-corrected chi connectivity index (χ0v) is 18.0. The van der Waals surface area contributed by atoms with Crippen LogP contribution < -0.4 is 19.5 Å². The Labute approximate surface area is 180 Å². The molecular weight excluding hydrogens is 400 g/mol. The van der Waals surface area contributed by atoms with Crippen molar-refractivity contribution in [2.75, 3.05) is 26.1 Å². The third-order valence-electron chi connectivity index (χ3n) is 4.19. The SMILES string of the molecule is CCCOc1ccc(/C=C/C(=O)Nc2nc(-c3ccccc3OC)cs2)cc1OC. The molecule has 1 heterocycles. The third kappa shape index (κ3) is 5.39. The molecule has 6 nitrogen and oxygen atoms in total. The van der Waals surface area contributed by atoms with E-state index in [1.807, 2.05) is 54.8 Å². The second-order valence-corrected chi connectivity index (χ2v) is 7.18. The van der Waals surface area contributed by atoms with Crippen LogP contribution in [0, 0.1) is 0 Å². The van der Waals surface area contributed by atoms with E-state index < -0.39 is 0 Å². The maximum Gasteiger partial charge on any atom is 0.250 e. The monoisotopic (exact) mass is 424 g/mol. The number of nitrogens with zero attached hydrogens (tertiary/aromatic N) is 1. The number of hydrogen-bond donors (Lipinski definition) is 1. The Kier molecular flexibility index (Phi) is 7.45. The number of methoxy groups -OCH3 is 2. The molecule has 0 unspecified atom stereocenters. The Hall–Kier alpha value is -3.32. The highest BCUT2D eigenvalue weighted by Gasteiger charge is 2.10. The van der Waals surface area contributed by atoms with Crippen molar-refractivity contribution in [2.24, 2.45) is 0 Å². The summed E-state index contributed by atoms with van der Waals surface area (Å²) in [5.41, 5.74) is 2.47. The summed E-state index contributed by atoms with van der Waals surface area (Å²) in [7, 11) is 3.21. The van der Waals surface area contributed by atoms with Gasteiger partial charge in [0.15, 0.2) is 16.6 Å². The Morgan fingerprint density at radius 1 is 1.10 bits per heavy atom. The predicted octanol–water partition coefficient (Wildman–Crippen LogP) is 5.27. The molecule has 3 aromatic rings. The van der Waals surface area contributed by atoms with Crippen LogP contribution in [0.2, 0.25) is 0 Å². The van der Waals surface area contributed by atoms with Crippen LogP contribution in [0.15, 0.2) is 53.9 Å². The highest BCUT2D eigenvalue weighted by molar-refractivity contribution is 7.14. The van der Waals surface area contributed by atoms with E-state index >= 15 is 0 Å². The van der Waals surface area contributed by atoms with E-state index in [0.717, 1.165) is 29.0 Å². The Bertz CT molecular complexity index is 1030.